The zero-order valence-corrected chi connectivity index (χ0v) is 19.6. The smallest absolute Gasteiger partial charge is 0.235 e. The van der Waals surface area contributed by atoms with E-state index in [1.165, 1.54) is 0 Å². The molecule has 0 fully saturated rings. The monoisotopic (exact) mass is 460 g/mol. The van der Waals surface area contributed by atoms with E-state index in [2.05, 4.69) is 0 Å². The number of benzene rings is 4. The van der Waals surface area contributed by atoms with Gasteiger partial charge in [-0.3, -0.25) is 9.59 Å². The third-order valence-corrected chi connectivity index (χ3v) is 6.16. The van der Waals surface area contributed by atoms with Crippen LogP contribution < -0.4 is 10.2 Å². The molecule has 0 bridgehead atoms. The SMILES string of the molecule is Cc1cc2oc(-c3ccccc3)c(OCC(=O)c3ccc(-c4ccccc4)cc3)c(=O)c2cc1C. The van der Waals surface area contributed by atoms with Gasteiger partial charge in [0.15, 0.2) is 18.2 Å². The fraction of sp³-hybridized carbons (Fsp3) is 0.0968. The summed E-state index contributed by atoms with van der Waals surface area (Å²) in [5, 5.41) is 0.433. The topological polar surface area (TPSA) is 56.5 Å². The molecule has 4 heteroatoms. The molecule has 0 saturated heterocycles. The van der Waals surface area contributed by atoms with Gasteiger partial charge in [0, 0.05) is 11.1 Å². The van der Waals surface area contributed by atoms with Crippen LogP contribution in [-0.4, -0.2) is 12.4 Å². The quantitative estimate of drug-likeness (QED) is 0.256. The Labute approximate surface area is 203 Å². The number of fused-ring (bicyclic) bond motifs is 1. The number of carbonyl (C=O) groups excluding carboxylic acids is 1. The van der Waals surface area contributed by atoms with Crippen LogP contribution in [0.4, 0.5) is 0 Å². The Bertz CT molecular complexity index is 1560. The lowest BCUT2D eigenvalue weighted by Crippen LogP contribution is -2.17. The predicted octanol–water partition coefficient (Wildman–Crippen LogP) is 7.01. The molecule has 0 N–H and O–H groups in total. The van der Waals surface area contributed by atoms with E-state index < -0.39 is 0 Å². The molecule has 4 nitrogen and oxygen atoms in total. The molecule has 5 rings (SSSR count). The van der Waals surface area contributed by atoms with Crippen LogP contribution in [-0.2, 0) is 0 Å². The van der Waals surface area contributed by atoms with Crippen LogP contribution in [0.15, 0.2) is 106 Å². The number of ether oxygens (including phenoxy) is 1. The molecule has 0 spiro atoms. The van der Waals surface area contributed by atoms with Crippen molar-refractivity contribution in [3.63, 3.8) is 0 Å². The molecular weight excluding hydrogens is 436 g/mol. The fourth-order valence-electron chi connectivity index (χ4n) is 4.04. The second kappa shape index (κ2) is 9.43. The van der Waals surface area contributed by atoms with Crippen LogP contribution in [0.2, 0.25) is 0 Å². The Hall–Kier alpha value is -4.44. The van der Waals surface area contributed by atoms with E-state index in [9.17, 15) is 9.59 Å². The Morgan fingerprint density at radius 3 is 1.97 bits per heavy atom. The first-order valence-electron chi connectivity index (χ1n) is 11.5. The average Bonchev–Trinajstić information content (AvgIpc) is 2.90. The number of aryl methyl sites for hydroxylation is 2. The van der Waals surface area contributed by atoms with Gasteiger partial charge in [0.2, 0.25) is 11.2 Å². The van der Waals surface area contributed by atoms with Crippen molar-refractivity contribution in [2.45, 2.75) is 13.8 Å². The van der Waals surface area contributed by atoms with Gasteiger partial charge in [0.1, 0.15) is 5.58 Å². The average molecular weight is 461 g/mol. The minimum absolute atomic E-state index is 0.0428. The Balaban J connectivity index is 1.47. The summed E-state index contributed by atoms with van der Waals surface area (Å²) in [6.45, 7) is 3.65. The predicted molar refractivity (Wildman–Crippen MR) is 139 cm³/mol. The maximum absolute atomic E-state index is 13.4. The summed E-state index contributed by atoms with van der Waals surface area (Å²) in [7, 11) is 0. The highest BCUT2D eigenvalue weighted by molar-refractivity contribution is 5.97. The van der Waals surface area contributed by atoms with E-state index in [-0.39, 0.29) is 23.6 Å². The molecule has 0 saturated carbocycles. The van der Waals surface area contributed by atoms with Gasteiger partial charge in [0.25, 0.3) is 0 Å². The van der Waals surface area contributed by atoms with Crippen molar-refractivity contribution in [3.05, 3.63) is 124 Å². The number of carbonyl (C=O) groups is 1. The van der Waals surface area contributed by atoms with Crippen LogP contribution in [0.3, 0.4) is 0 Å². The minimum atomic E-state index is -0.291. The molecule has 1 aromatic heterocycles. The zero-order valence-electron chi connectivity index (χ0n) is 19.6. The van der Waals surface area contributed by atoms with E-state index in [1.807, 2.05) is 98.8 Å². The maximum Gasteiger partial charge on any atom is 0.235 e. The molecule has 0 aliphatic carbocycles. The van der Waals surface area contributed by atoms with Crippen molar-refractivity contribution in [2.75, 3.05) is 6.61 Å². The summed E-state index contributed by atoms with van der Waals surface area (Å²) in [6.07, 6.45) is 0. The van der Waals surface area contributed by atoms with Gasteiger partial charge in [0.05, 0.1) is 5.39 Å². The fourth-order valence-corrected chi connectivity index (χ4v) is 4.04. The highest BCUT2D eigenvalue weighted by Gasteiger charge is 2.20. The minimum Gasteiger partial charge on any atom is -0.478 e. The maximum atomic E-state index is 13.4. The van der Waals surface area contributed by atoms with Crippen LogP contribution in [0.1, 0.15) is 21.5 Å². The van der Waals surface area contributed by atoms with Crippen molar-refractivity contribution >= 4 is 16.8 Å². The Kier molecular flexibility index (Phi) is 6.02. The van der Waals surface area contributed by atoms with Crippen LogP contribution >= 0.6 is 0 Å². The van der Waals surface area contributed by atoms with Gasteiger partial charge < -0.3 is 9.15 Å². The number of rotatable bonds is 6. The van der Waals surface area contributed by atoms with Crippen molar-refractivity contribution in [1.82, 2.24) is 0 Å². The van der Waals surface area contributed by atoms with Crippen molar-refractivity contribution < 1.29 is 13.9 Å². The Morgan fingerprint density at radius 2 is 1.31 bits per heavy atom. The van der Waals surface area contributed by atoms with Crippen LogP contribution in [0, 0.1) is 13.8 Å². The standard InChI is InChI=1S/C31H24O4/c1-20-17-26-28(18-21(20)2)35-30(25-11-7-4-8-12-25)31(29(26)33)34-19-27(32)24-15-13-23(14-16-24)22-9-5-3-6-10-22/h3-18H,19H2,1-2H3. The molecule has 35 heavy (non-hydrogen) atoms. The van der Waals surface area contributed by atoms with Crippen LogP contribution in [0.25, 0.3) is 33.4 Å². The van der Waals surface area contributed by atoms with E-state index in [0.29, 0.717) is 27.9 Å². The molecular formula is C31H24O4. The highest BCUT2D eigenvalue weighted by atomic mass is 16.5. The number of Topliss-reactive ketones (excluding diaryl/α,β-unsaturated/α-hetero) is 1. The molecule has 1 heterocycles. The van der Waals surface area contributed by atoms with Crippen molar-refractivity contribution in [1.29, 1.82) is 0 Å². The lowest BCUT2D eigenvalue weighted by atomic mass is 10.0. The van der Waals surface area contributed by atoms with E-state index >= 15 is 0 Å². The van der Waals surface area contributed by atoms with Crippen LogP contribution in [0.5, 0.6) is 5.75 Å². The summed E-state index contributed by atoms with van der Waals surface area (Å²) in [6, 6.07) is 30.3. The molecule has 0 atom stereocenters. The summed E-state index contributed by atoms with van der Waals surface area (Å²) in [5.74, 6) is 0.142. The lowest BCUT2D eigenvalue weighted by molar-refractivity contribution is 0.0920. The third-order valence-electron chi connectivity index (χ3n) is 6.16. The van der Waals surface area contributed by atoms with E-state index in [4.69, 9.17) is 9.15 Å². The van der Waals surface area contributed by atoms with Gasteiger partial charge in [-0.05, 0) is 48.2 Å². The number of hydrogen-bond acceptors (Lipinski definition) is 4. The molecule has 0 amide bonds. The molecule has 5 aromatic rings. The summed E-state index contributed by atoms with van der Waals surface area (Å²) in [4.78, 5) is 26.4. The van der Waals surface area contributed by atoms with Gasteiger partial charge in [-0.15, -0.1) is 0 Å². The van der Waals surface area contributed by atoms with Gasteiger partial charge in [-0.25, -0.2) is 0 Å². The molecule has 0 aliphatic rings. The van der Waals surface area contributed by atoms with Crippen molar-refractivity contribution in [3.8, 4) is 28.2 Å². The summed E-state index contributed by atoms with van der Waals surface area (Å²) >= 11 is 0. The molecule has 172 valence electrons. The number of ketones is 1. The molecule has 0 unspecified atom stereocenters. The van der Waals surface area contributed by atoms with Gasteiger partial charge in [-0.2, -0.15) is 0 Å². The third kappa shape index (κ3) is 4.51. The first-order chi connectivity index (χ1) is 17.0. The Morgan fingerprint density at radius 1 is 0.743 bits per heavy atom. The first kappa shape index (κ1) is 22.4. The van der Waals surface area contributed by atoms with Gasteiger partial charge in [-0.1, -0.05) is 84.9 Å². The van der Waals surface area contributed by atoms with E-state index in [0.717, 1.165) is 22.3 Å². The second-order valence-electron chi connectivity index (χ2n) is 8.54. The summed E-state index contributed by atoms with van der Waals surface area (Å²) in [5.41, 5.74) is 5.54. The largest absolute Gasteiger partial charge is 0.478 e. The highest BCUT2D eigenvalue weighted by Crippen LogP contribution is 2.32. The second-order valence-corrected chi connectivity index (χ2v) is 8.54. The number of hydrogen-bond donors (Lipinski definition) is 0. The zero-order chi connectivity index (χ0) is 24.4. The van der Waals surface area contributed by atoms with Crippen molar-refractivity contribution in [2.24, 2.45) is 0 Å². The molecule has 0 radical (unpaired) electrons. The molecule has 0 aliphatic heterocycles. The first-order valence-corrected chi connectivity index (χ1v) is 11.5. The normalized spacial score (nSPS) is 10.9. The molecule has 4 aromatic carbocycles. The summed E-state index contributed by atoms with van der Waals surface area (Å²) < 4.78 is 12.0. The van der Waals surface area contributed by atoms with E-state index in [1.54, 1.807) is 12.1 Å². The lowest BCUT2D eigenvalue weighted by Gasteiger charge is -2.12. The van der Waals surface area contributed by atoms with Gasteiger partial charge >= 0.3 is 0 Å².